The predicted molar refractivity (Wildman–Crippen MR) is 88.0 cm³/mol. The number of aromatic nitrogens is 1. The minimum Gasteiger partial charge on any atom is -0.353 e. The average Bonchev–Trinajstić information content (AvgIpc) is 2.48. The maximum absolute atomic E-state index is 11.9. The third kappa shape index (κ3) is 5.68. The van der Waals surface area contributed by atoms with Crippen LogP contribution in [0.25, 0.3) is 0 Å². The van der Waals surface area contributed by atoms with Crippen LogP contribution >= 0.6 is 15.9 Å². The van der Waals surface area contributed by atoms with Crippen LogP contribution in [0.1, 0.15) is 24.6 Å². The van der Waals surface area contributed by atoms with Gasteiger partial charge in [0.05, 0.1) is 0 Å². The van der Waals surface area contributed by atoms with Gasteiger partial charge in [-0.1, -0.05) is 34.1 Å². The summed E-state index contributed by atoms with van der Waals surface area (Å²) >= 11 is 3.42. The molecule has 1 unspecified atom stereocenters. The fraction of sp³-hybridized carbons (Fsp3) is 0.294. The first-order valence-corrected chi connectivity index (χ1v) is 7.86. The average molecular weight is 347 g/mol. The molecule has 0 bridgehead atoms. The second-order valence-electron chi connectivity index (χ2n) is 5.12. The first-order valence-electron chi connectivity index (χ1n) is 7.07. The summed E-state index contributed by atoms with van der Waals surface area (Å²) in [5, 5.41) is 3.03. The Labute approximate surface area is 133 Å². The molecule has 4 heteroatoms. The molecule has 2 rings (SSSR count). The number of nitrogens with one attached hydrogen (secondary N) is 1. The van der Waals surface area contributed by atoms with E-state index in [0.29, 0.717) is 12.8 Å². The lowest BCUT2D eigenvalue weighted by Crippen LogP contribution is -2.34. The van der Waals surface area contributed by atoms with E-state index in [2.05, 4.69) is 38.4 Å². The van der Waals surface area contributed by atoms with Crippen LogP contribution in [0.5, 0.6) is 0 Å². The molecule has 1 aromatic carbocycles. The predicted octanol–water partition coefficient (Wildman–Crippen LogP) is 3.52. The van der Waals surface area contributed by atoms with Gasteiger partial charge in [-0.05, 0) is 49.6 Å². The van der Waals surface area contributed by atoms with Crippen molar-refractivity contribution in [3.8, 4) is 0 Å². The summed E-state index contributed by atoms with van der Waals surface area (Å²) in [4.78, 5) is 16.1. The number of halogens is 1. The number of amides is 1. The number of hydrogen-bond acceptors (Lipinski definition) is 2. The molecule has 0 radical (unpaired) electrons. The van der Waals surface area contributed by atoms with Crippen LogP contribution in [0, 0.1) is 0 Å². The molecule has 0 fully saturated rings. The van der Waals surface area contributed by atoms with Crippen LogP contribution in [-0.2, 0) is 17.6 Å². The highest BCUT2D eigenvalue weighted by Crippen LogP contribution is 2.12. The first-order chi connectivity index (χ1) is 10.1. The van der Waals surface area contributed by atoms with Gasteiger partial charge in [0.15, 0.2) is 0 Å². The third-order valence-electron chi connectivity index (χ3n) is 3.20. The molecule has 1 atom stereocenters. The van der Waals surface area contributed by atoms with Crippen molar-refractivity contribution in [1.29, 1.82) is 0 Å². The number of nitrogens with zero attached hydrogens (tertiary/aromatic N) is 1. The molecule has 21 heavy (non-hydrogen) atoms. The molecule has 0 aliphatic rings. The van der Waals surface area contributed by atoms with E-state index >= 15 is 0 Å². The van der Waals surface area contributed by atoms with Crippen molar-refractivity contribution in [1.82, 2.24) is 10.3 Å². The largest absolute Gasteiger partial charge is 0.353 e. The fourth-order valence-electron chi connectivity index (χ4n) is 2.16. The van der Waals surface area contributed by atoms with Gasteiger partial charge in [-0.3, -0.25) is 9.78 Å². The fourth-order valence-corrected chi connectivity index (χ4v) is 2.42. The second kappa shape index (κ2) is 7.93. The molecule has 110 valence electrons. The highest BCUT2D eigenvalue weighted by Gasteiger charge is 2.08. The molecular weight excluding hydrogens is 328 g/mol. The number of aryl methyl sites for hydroxylation is 1. The minimum atomic E-state index is 0.0743. The Kier molecular flexibility index (Phi) is 5.93. The highest BCUT2D eigenvalue weighted by atomic mass is 79.9. The van der Waals surface area contributed by atoms with Gasteiger partial charge >= 0.3 is 0 Å². The zero-order valence-corrected chi connectivity index (χ0v) is 13.6. The number of carbonyl (C=O) groups is 1. The van der Waals surface area contributed by atoms with Gasteiger partial charge in [-0.25, -0.2) is 0 Å². The normalized spacial score (nSPS) is 11.9. The standard InChI is InChI=1S/C17H19BrN2O/c1-13(12-14-5-7-15(18)8-6-14)20-17(21)10-9-16-4-2-3-11-19-16/h2-8,11,13H,9-10,12H2,1H3,(H,20,21). The number of carbonyl (C=O) groups excluding carboxylic acids is 1. The zero-order valence-electron chi connectivity index (χ0n) is 12.1. The summed E-state index contributed by atoms with van der Waals surface area (Å²) in [5.41, 5.74) is 2.17. The van der Waals surface area contributed by atoms with Gasteiger partial charge in [-0.2, -0.15) is 0 Å². The van der Waals surface area contributed by atoms with Crippen molar-refractivity contribution in [3.63, 3.8) is 0 Å². The summed E-state index contributed by atoms with van der Waals surface area (Å²) in [6.07, 6.45) is 3.74. The van der Waals surface area contributed by atoms with Crippen molar-refractivity contribution >= 4 is 21.8 Å². The van der Waals surface area contributed by atoms with Crippen LogP contribution < -0.4 is 5.32 Å². The molecule has 1 N–H and O–H groups in total. The van der Waals surface area contributed by atoms with Gasteiger partial charge in [-0.15, -0.1) is 0 Å². The van der Waals surface area contributed by atoms with E-state index in [0.717, 1.165) is 16.6 Å². The Balaban J connectivity index is 1.75. The van der Waals surface area contributed by atoms with Crippen LogP contribution in [0.3, 0.4) is 0 Å². The Morgan fingerprint density at radius 3 is 2.67 bits per heavy atom. The zero-order chi connectivity index (χ0) is 15.1. The van der Waals surface area contributed by atoms with Crippen molar-refractivity contribution in [3.05, 3.63) is 64.4 Å². The topological polar surface area (TPSA) is 42.0 Å². The number of benzene rings is 1. The number of hydrogen-bond donors (Lipinski definition) is 1. The molecule has 1 aromatic heterocycles. The van der Waals surface area contributed by atoms with Crippen LogP contribution in [0.2, 0.25) is 0 Å². The molecule has 1 amide bonds. The lowest BCUT2D eigenvalue weighted by atomic mass is 10.1. The smallest absolute Gasteiger partial charge is 0.220 e. The van der Waals surface area contributed by atoms with E-state index in [1.54, 1.807) is 6.20 Å². The van der Waals surface area contributed by atoms with Gasteiger partial charge in [0.1, 0.15) is 0 Å². The molecule has 0 aliphatic carbocycles. The van der Waals surface area contributed by atoms with Gasteiger partial charge in [0, 0.05) is 28.8 Å². The third-order valence-corrected chi connectivity index (χ3v) is 3.73. The summed E-state index contributed by atoms with van der Waals surface area (Å²) in [7, 11) is 0. The highest BCUT2D eigenvalue weighted by molar-refractivity contribution is 9.10. The molecular formula is C17H19BrN2O. The molecule has 0 aliphatic heterocycles. The lowest BCUT2D eigenvalue weighted by molar-refractivity contribution is -0.121. The lowest BCUT2D eigenvalue weighted by Gasteiger charge is -2.14. The summed E-state index contributed by atoms with van der Waals surface area (Å²) in [6, 6.07) is 14.1. The Morgan fingerprint density at radius 2 is 2.00 bits per heavy atom. The summed E-state index contributed by atoms with van der Waals surface area (Å²) in [5.74, 6) is 0.0743. The number of pyridine rings is 1. The first kappa shape index (κ1) is 15.7. The second-order valence-corrected chi connectivity index (χ2v) is 6.04. The molecule has 0 saturated heterocycles. The molecule has 2 aromatic rings. The van der Waals surface area contributed by atoms with Crippen LogP contribution in [-0.4, -0.2) is 16.9 Å². The maximum Gasteiger partial charge on any atom is 0.220 e. The Hall–Kier alpha value is -1.68. The number of rotatable bonds is 6. The van der Waals surface area contributed by atoms with Crippen molar-refractivity contribution in [2.75, 3.05) is 0 Å². The SMILES string of the molecule is CC(Cc1ccc(Br)cc1)NC(=O)CCc1ccccn1. The molecule has 3 nitrogen and oxygen atoms in total. The van der Waals surface area contributed by atoms with E-state index in [-0.39, 0.29) is 11.9 Å². The van der Waals surface area contributed by atoms with E-state index in [9.17, 15) is 4.79 Å². The maximum atomic E-state index is 11.9. The molecule has 0 saturated carbocycles. The van der Waals surface area contributed by atoms with Crippen molar-refractivity contribution < 1.29 is 4.79 Å². The Bertz CT molecular complexity index is 569. The van der Waals surface area contributed by atoms with Crippen molar-refractivity contribution in [2.45, 2.75) is 32.2 Å². The van der Waals surface area contributed by atoms with Gasteiger partial charge in [0.25, 0.3) is 0 Å². The van der Waals surface area contributed by atoms with E-state index in [1.165, 1.54) is 5.56 Å². The molecule has 0 spiro atoms. The Morgan fingerprint density at radius 1 is 1.24 bits per heavy atom. The van der Waals surface area contributed by atoms with E-state index in [4.69, 9.17) is 0 Å². The van der Waals surface area contributed by atoms with E-state index < -0.39 is 0 Å². The van der Waals surface area contributed by atoms with Crippen molar-refractivity contribution in [2.24, 2.45) is 0 Å². The summed E-state index contributed by atoms with van der Waals surface area (Å²) in [6.45, 7) is 2.03. The monoisotopic (exact) mass is 346 g/mol. The molecule has 1 heterocycles. The van der Waals surface area contributed by atoms with Gasteiger partial charge in [0.2, 0.25) is 5.91 Å². The van der Waals surface area contributed by atoms with E-state index in [1.807, 2.05) is 37.3 Å². The summed E-state index contributed by atoms with van der Waals surface area (Å²) < 4.78 is 1.07. The quantitative estimate of drug-likeness (QED) is 0.869. The van der Waals surface area contributed by atoms with Gasteiger partial charge < -0.3 is 5.32 Å². The van der Waals surface area contributed by atoms with Crippen LogP contribution in [0.15, 0.2) is 53.1 Å². The van der Waals surface area contributed by atoms with Crippen LogP contribution in [0.4, 0.5) is 0 Å². The minimum absolute atomic E-state index is 0.0743.